The Bertz CT molecular complexity index is 93.1. The molecular formula is C6H13NOS. The first-order valence-electron chi connectivity index (χ1n) is 2.95. The Morgan fingerprint density at radius 3 is 2.67 bits per heavy atom. The summed E-state index contributed by atoms with van der Waals surface area (Å²) in [6, 6.07) is -0.280. The second-order valence-electron chi connectivity index (χ2n) is 2.00. The number of carbonyl (C=O) groups excluding carboxylic acids is 1. The summed E-state index contributed by atoms with van der Waals surface area (Å²) in [5.41, 5.74) is 5.32. The van der Waals surface area contributed by atoms with Crippen LogP contribution >= 0.6 is 11.8 Å². The Labute approximate surface area is 60.2 Å². The molecule has 0 rings (SSSR count). The highest BCUT2D eigenvalue weighted by Gasteiger charge is 2.04. The van der Waals surface area contributed by atoms with E-state index in [4.69, 9.17) is 5.73 Å². The monoisotopic (exact) mass is 147 g/mol. The lowest BCUT2D eigenvalue weighted by Crippen LogP contribution is -2.26. The third kappa shape index (κ3) is 4.48. The maximum absolute atomic E-state index is 10.8. The number of thioether (sulfide) groups is 1. The molecule has 1 unspecified atom stereocenters. The molecule has 0 saturated carbocycles. The topological polar surface area (TPSA) is 43.1 Å². The van der Waals surface area contributed by atoms with E-state index in [1.165, 1.54) is 0 Å². The second kappa shape index (κ2) is 4.82. The molecule has 0 fully saturated rings. The zero-order valence-electron chi connectivity index (χ0n) is 5.89. The van der Waals surface area contributed by atoms with Gasteiger partial charge >= 0.3 is 0 Å². The van der Waals surface area contributed by atoms with Gasteiger partial charge < -0.3 is 5.73 Å². The van der Waals surface area contributed by atoms with Crippen LogP contribution in [0.15, 0.2) is 0 Å². The Kier molecular flexibility index (Phi) is 4.81. The highest BCUT2D eigenvalue weighted by molar-refractivity contribution is 7.98. The lowest BCUT2D eigenvalue weighted by atomic mass is 10.2. The number of carbonyl (C=O) groups is 1. The summed E-state index contributed by atoms with van der Waals surface area (Å²) in [6.07, 6.45) is 2.59. The number of nitrogens with two attached hydrogens (primary N) is 1. The van der Waals surface area contributed by atoms with Crippen LogP contribution in [-0.4, -0.2) is 23.8 Å². The van der Waals surface area contributed by atoms with Gasteiger partial charge in [-0.3, -0.25) is 4.79 Å². The molecule has 0 amide bonds. The van der Waals surface area contributed by atoms with Gasteiger partial charge in [0.25, 0.3) is 0 Å². The summed E-state index contributed by atoms with van der Waals surface area (Å²) in [7, 11) is 0. The van der Waals surface area contributed by atoms with E-state index >= 15 is 0 Å². The van der Waals surface area contributed by atoms with E-state index in [0.29, 0.717) is 6.42 Å². The molecule has 0 aromatic heterocycles. The van der Waals surface area contributed by atoms with E-state index in [1.54, 1.807) is 18.7 Å². The van der Waals surface area contributed by atoms with Gasteiger partial charge in [0, 0.05) is 6.42 Å². The molecule has 0 aliphatic rings. The van der Waals surface area contributed by atoms with Crippen LogP contribution in [0.25, 0.3) is 0 Å². The molecule has 0 aliphatic carbocycles. The SMILES string of the molecule is CSCCC(=O)C(C)N. The molecule has 9 heavy (non-hydrogen) atoms. The van der Waals surface area contributed by atoms with Crippen molar-refractivity contribution in [2.75, 3.05) is 12.0 Å². The summed E-state index contributed by atoms with van der Waals surface area (Å²) in [4.78, 5) is 10.8. The van der Waals surface area contributed by atoms with E-state index in [2.05, 4.69) is 0 Å². The van der Waals surface area contributed by atoms with Gasteiger partial charge in [-0.1, -0.05) is 0 Å². The lowest BCUT2D eigenvalue weighted by Gasteiger charge is -2.00. The van der Waals surface area contributed by atoms with E-state index in [9.17, 15) is 4.79 Å². The Balaban J connectivity index is 3.28. The molecule has 0 aliphatic heterocycles. The fourth-order valence-electron chi connectivity index (χ4n) is 0.430. The maximum Gasteiger partial charge on any atom is 0.150 e. The van der Waals surface area contributed by atoms with Gasteiger partial charge in [0.2, 0.25) is 0 Å². The van der Waals surface area contributed by atoms with Crippen molar-refractivity contribution in [3.8, 4) is 0 Å². The van der Waals surface area contributed by atoms with Gasteiger partial charge in [0.15, 0.2) is 0 Å². The van der Waals surface area contributed by atoms with Gasteiger partial charge in [-0.2, -0.15) is 11.8 Å². The number of hydrogen-bond donors (Lipinski definition) is 1. The van der Waals surface area contributed by atoms with Gasteiger partial charge in [0.1, 0.15) is 5.78 Å². The zero-order valence-corrected chi connectivity index (χ0v) is 6.70. The first-order chi connectivity index (χ1) is 4.18. The van der Waals surface area contributed by atoms with Crippen molar-refractivity contribution >= 4 is 17.5 Å². The summed E-state index contributed by atoms with van der Waals surface area (Å²) < 4.78 is 0. The minimum atomic E-state index is -0.280. The molecule has 54 valence electrons. The number of rotatable bonds is 4. The highest BCUT2D eigenvalue weighted by atomic mass is 32.2. The highest BCUT2D eigenvalue weighted by Crippen LogP contribution is 1.97. The number of hydrogen-bond acceptors (Lipinski definition) is 3. The average molecular weight is 147 g/mol. The third-order valence-corrected chi connectivity index (χ3v) is 1.67. The average Bonchev–Trinajstić information content (AvgIpc) is 1.82. The first kappa shape index (κ1) is 8.98. The molecule has 0 saturated heterocycles. The van der Waals surface area contributed by atoms with Crippen LogP contribution in [0.3, 0.4) is 0 Å². The molecular weight excluding hydrogens is 134 g/mol. The van der Waals surface area contributed by atoms with E-state index in [-0.39, 0.29) is 11.8 Å². The van der Waals surface area contributed by atoms with Crippen LogP contribution in [0.4, 0.5) is 0 Å². The zero-order chi connectivity index (χ0) is 7.28. The van der Waals surface area contributed by atoms with Crippen molar-refractivity contribution in [1.82, 2.24) is 0 Å². The fourth-order valence-corrected chi connectivity index (χ4v) is 0.836. The minimum absolute atomic E-state index is 0.157. The fraction of sp³-hybridized carbons (Fsp3) is 0.833. The Hall–Kier alpha value is -0.0200. The van der Waals surface area contributed by atoms with Crippen LogP contribution in [0.1, 0.15) is 13.3 Å². The van der Waals surface area contributed by atoms with Crippen molar-refractivity contribution < 1.29 is 4.79 Å². The van der Waals surface area contributed by atoms with Crippen LogP contribution in [0, 0.1) is 0 Å². The molecule has 0 spiro atoms. The Morgan fingerprint density at radius 2 is 2.33 bits per heavy atom. The van der Waals surface area contributed by atoms with Crippen LogP contribution in [-0.2, 0) is 4.79 Å². The van der Waals surface area contributed by atoms with Crippen molar-refractivity contribution in [1.29, 1.82) is 0 Å². The smallest absolute Gasteiger partial charge is 0.150 e. The summed E-state index contributed by atoms with van der Waals surface area (Å²) in [5, 5.41) is 0. The maximum atomic E-state index is 10.8. The normalized spacial score (nSPS) is 13.2. The molecule has 0 aromatic rings. The van der Waals surface area contributed by atoms with E-state index in [1.807, 2.05) is 6.26 Å². The van der Waals surface area contributed by atoms with Crippen molar-refractivity contribution in [3.63, 3.8) is 0 Å². The second-order valence-corrected chi connectivity index (χ2v) is 2.98. The number of Topliss-reactive ketones (excluding diaryl/α,β-unsaturated/α-hetero) is 1. The van der Waals surface area contributed by atoms with Crippen molar-refractivity contribution in [2.24, 2.45) is 5.73 Å². The minimum Gasteiger partial charge on any atom is -0.322 e. The predicted octanol–water partition coefficient (Wildman–Crippen LogP) is 0.656. The standard InChI is InChI=1S/C6H13NOS/c1-5(7)6(8)3-4-9-2/h5H,3-4,7H2,1-2H3. The van der Waals surface area contributed by atoms with E-state index in [0.717, 1.165) is 5.75 Å². The van der Waals surface area contributed by atoms with Crippen LogP contribution < -0.4 is 5.73 Å². The summed E-state index contributed by atoms with van der Waals surface area (Å²) in [5.74, 6) is 1.05. The lowest BCUT2D eigenvalue weighted by molar-refractivity contribution is -0.119. The molecule has 0 radical (unpaired) electrons. The van der Waals surface area contributed by atoms with Crippen molar-refractivity contribution in [2.45, 2.75) is 19.4 Å². The summed E-state index contributed by atoms with van der Waals surface area (Å²) in [6.45, 7) is 1.72. The molecule has 2 nitrogen and oxygen atoms in total. The quantitative estimate of drug-likeness (QED) is 0.635. The van der Waals surface area contributed by atoms with Gasteiger partial charge in [-0.15, -0.1) is 0 Å². The van der Waals surface area contributed by atoms with Gasteiger partial charge in [-0.25, -0.2) is 0 Å². The summed E-state index contributed by atoms with van der Waals surface area (Å²) >= 11 is 1.67. The molecule has 0 bridgehead atoms. The molecule has 0 aromatic carbocycles. The van der Waals surface area contributed by atoms with Gasteiger partial charge in [0.05, 0.1) is 6.04 Å². The molecule has 1 atom stereocenters. The first-order valence-corrected chi connectivity index (χ1v) is 4.35. The van der Waals surface area contributed by atoms with Crippen LogP contribution in [0.5, 0.6) is 0 Å². The van der Waals surface area contributed by atoms with Crippen molar-refractivity contribution in [3.05, 3.63) is 0 Å². The molecule has 2 N–H and O–H groups in total. The number of ketones is 1. The van der Waals surface area contributed by atoms with Crippen LogP contribution in [0.2, 0.25) is 0 Å². The molecule has 0 heterocycles. The Morgan fingerprint density at radius 1 is 1.78 bits per heavy atom. The predicted molar refractivity (Wildman–Crippen MR) is 41.7 cm³/mol. The van der Waals surface area contributed by atoms with Gasteiger partial charge in [-0.05, 0) is 18.9 Å². The third-order valence-electron chi connectivity index (χ3n) is 1.06. The van der Waals surface area contributed by atoms with E-state index < -0.39 is 0 Å². The molecule has 3 heteroatoms. The largest absolute Gasteiger partial charge is 0.322 e.